The Balaban J connectivity index is 1.87. The van der Waals surface area contributed by atoms with Crippen LogP contribution in [-0.2, 0) is 6.54 Å². The first-order chi connectivity index (χ1) is 10.6. The second kappa shape index (κ2) is 7.71. The molecule has 1 unspecified atom stereocenters. The Morgan fingerprint density at radius 1 is 1.23 bits per heavy atom. The minimum absolute atomic E-state index is 0.121. The van der Waals surface area contributed by atoms with Crippen molar-refractivity contribution in [1.29, 1.82) is 0 Å². The van der Waals surface area contributed by atoms with Crippen molar-refractivity contribution >= 4 is 17.6 Å². The summed E-state index contributed by atoms with van der Waals surface area (Å²) in [5, 5.41) is 6.36. The van der Waals surface area contributed by atoms with Gasteiger partial charge in [0.05, 0.1) is 13.2 Å². The number of nitrogens with one attached hydrogen (secondary N) is 2. The third kappa shape index (κ3) is 4.67. The lowest BCUT2D eigenvalue weighted by Gasteiger charge is -2.15. The molecule has 5 heteroatoms. The van der Waals surface area contributed by atoms with Gasteiger partial charge in [-0.1, -0.05) is 35.9 Å². The lowest BCUT2D eigenvalue weighted by Crippen LogP contribution is -2.36. The van der Waals surface area contributed by atoms with Crippen molar-refractivity contribution < 1.29 is 9.53 Å². The molecule has 0 aliphatic rings. The molecule has 1 atom stereocenters. The highest BCUT2D eigenvalue weighted by Gasteiger charge is 2.09. The number of carbonyl (C=O) groups excluding carboxylic acids is 1. The maximum atomic E-state index is 12.0. The normalized spacial score (nSPS) is 11.6. The van der Waals surface area contributed by atoms with Gasteiger partial charge in [-0.15, -0.1) is 0 Å². The second-order valence-electron chi connectivity index (χ2n) is 4.96. The van der Waals surface area contributed by atoms with E-state index >= 15 is 0 Å². The van der Waals surface area contributed by atoms with E-state index in [1.54, 1.807) is 13.2 Å². The molecule has 0 spiro atoms. The van der Waals surface area contributed by atoms with Crippen LogP contribution in [0.1, 0.15) is 24.1 Å². The van der Waals surface area contributed by atoms with Crippen LogP contribution in [0.15, 0.2) is 48.5 Å². The van der Waals surface area contributed by atoms with Gasteiger partial charge >= 0.3 is 6.03 Å². The summed E-state index contributed by atoms with van der Waals surface area (Å²) in [4.78, 5) is 12.0. The van der Waals surface area contributed by atoms with Gasteiger partial charge < -0.3 is 15.4 Å². The molecule has 0 radical (unpaired) electrons. The van der Waals surface area contributed by atoms with E-state index < -0.39 is 0 Å². The summed E-state index contributed by atoms with van der Waals surface area (Å²) in [6.07, 6.45) is 0. The molecule has 2 amide bonds. The van der Waals surface area contributed by atoms with Crippen molar-refractivity contribution in [2.45, 2.75) is 19.5 Å². The molecule has 0 heterocycles. The highest BCUT2D eigenvalue weighted by atomic mass is 35.5. The largest absolute Gasteiger partial charge is 0.497 e. The number of hydrogen-bond acceptors (Lipinski definition) is 2. The molecule has 2 N–H and O–H groups in total. The predicted molar refractivity (Wildman–Crippen MR) is 88.2 cm³/mol. The van der Waals surface area contributed by atoms with E-state index in [0.29, 0.717) is 11.6 Å². The first-order valence-electron chi connectivity index (χ1n) is 7.01. The Morgan fingerprint density at radius 3 is 2.73 bits per heavy atom. The minimum atomic E-state index is -0.227. The molecule has 0 aliphatic carbocycles. The summed E-state index contributed by atoms with van der Waals surface area (Å²) >= 11 is 5.96. The molecule has 2 rings (SSSR count). The zero-order chi connectivity index (χ0) is 15.9. The van der Waals surface area contributed by atoms with Crippen LogP contribution in [0, 0.1) is 0 Å². The van der Waals surface area contributed by atoms with Crippen LogP contribution < -0.4 is 15.4 Å². The average molecular weight is 319 g/mol. The number of urea groups is 1. The molecule has 0 aliphatic heterocycles. The first-order valence-corrected chi connectivity index (χ1v) is 7.39. The minimum Gasteiger partial charge on any atom is -0.497 e. The van der Waals surface area contributed by atoms with Gasteiger partial charge in [-0.05, 0) is 42.3 Å². The Labute approximate surface area is 135 Å². The van der Waals surface area contributed by atoms with E-state index in [1.807, 2.05) is 49.4 Å². The summed E-state index contributed by atoms with van der Waals surface area (Å²) in [6, 6.07) is 14.7. The van der Waals surface area contributed by atoms with Crippen LogP contribution in [0.2, 0.25) is 5.02 Å². The third-order valence-electron chi connectivity index (χ3n) is 3.28. The van der Waals surface area contributed by atoms with Gasteiger partial charge in [0.15, 0.2) is 0 Å². The smallest absolute Gasteiger partial charge is 0.315 e. The maximum Gasteiger partial charge on any atom is 0.315 e. The van der Waals surface area contributed by atoms with Gasteiger partial charge in [-0.25, -0.2) is 4.79 Å². The van der Waals surface area contributed by atoms with E-state index in [4.69, 9.17) is 16.3 Å². The maximum absolute atomic E-state index is 12.0. The Hall–Kier alpha value is -2.20. The van der Waals surface area contributed by atoms with Gasteiger partial charge in [-0.3, -0.25) is 0 Å². The molecular formula is C17H19ClN2O2. The Kier molecular flexibility index (Phi) is 5.67. The molecule has 0 aromatic heterocycles. The molecule has 4 nitrogen and oxygen atoms in total. The summed E-state index contributed by atoms with van der Waals surface area (Å²) in [5.74, 6) is 0.770. The van der Waals surface area contributed by atoms with Crippen molar-refractivity contribution in [3.8, 4) is 5.75 Å². The summed E-state index contributed by atoms with van der Waals surface area (Å²) in [7, 11) is 1.62. The predicted octanol–water partition coefficient (Wildman–Crippen LogP) is 3.91. The fourth-order valence-electron chi connectivity index (χ4n) is 2.07. The summed E-state index contributed by atoms with van der Waals surface area (Å²) in [6.45, 7) is 2.35. The third-order valence-corrected chi connectivity index (χ3v) is 3.52. The molecule has 2 aromatic rings. The first kappa shape index (κ1) is 16.2. The zero-order valence-corrected chi connectivity index (χ0v) is 13.4. The van der Waals surface area contributed by atoms with Crippen molar-refractivity contribution in [2.75, 3.05) is 7.11 Å². The van der Waals surface area contributed by atoms with E-state index in [9.17, 15) is 4.79 Å². The van der Waals surface area contributed by atoms with E-state index in [0.717, 1.165) is 16.9 Å². The summed E-state index contributed by atoms with van der Waals surface area (Å²) < 4.78 is 5.15. The molecule has 0 saturated carbocycles. The second-order valence-corrected chi connectivity index (χ2v) is 5.39. The number of ether oxygens (including phenoxy) is 1. The fourth-order valence-corrected chi connectivity index (χ4v) is 2.27. The highest BCUT2D eigenvalue weighted by Crippen LogP contribution is 2.17. The molecule has 0 fully saturated rings. The molecule has 22 heavy (non-hydrogen) atoms. The van der Waals surface area contributed by atoms with Crippen molar-refractivity contribution in [3.63, 3.8) is 0 Å². The monoisotopic (exact) mass is 318 g/mol. The number of carbonyl (C=O) groups is 1. The van der Waals surface area contributed by atoms with E-state index in [-0.39, 0.29) is 12.1 Å². The number of methoxy groups -OCH3 is 1. The number of rotatable bonds is 5. The van der Waals surface area contributed by atoms with Crippen molar-refractivity contribution in [3.05, 3.63) is 64.7 Å². The Bertz CT molecular complexity index is 646. The quantitative estimate of drug-likeness (QED) is 0.878. The molecular weight excluding hydrogens is 300 g/mol. The van der Waals surface area contributed by atoms with Crippen LogP contribution in [0.3, 0.4) is 0 Å². The van der Waals surface area contributed by atoms with E-state index in [1.165, 1.54) is 0 Å². The molecule has 2 aromatic carbocycles. The molecule has 0 saturated heterocycles. The summed E-state index contributed by atoms with van der Waals surface area (Å²) in [5.41, 5.74) is 1.94. The number of amides is 2. The lowest BCUT2D eigenvalue weighted by atomic mass is 10.1. The van der Waals surface area contributed by atoms with Gasteiger partial charge in [0.2, 0.25) is 0 Å². The van der Waals surface area contributed by atoms with Crippen LogP contribution in [0.5, 0.6) is 5.75 Å². The van der Waals surface area contributed by atoms with E-state index in [2.05, 4.69) is 10.6 Å². The highest BCUT2D eigenvalue weighted by molar-refractivity contribution is 6.30. The van der Waals surface area contributed by atoms with Gasteiger partial charge in [-0.2, -0.15) is 0 Å². The standard InChI is InChI=1S/C17H19ClN2O2/c1-12(14-6-4-7-15(18)10-14)20-17(21)19-11-13-5-3-8-16(9-13)22-2/h3-10,12H,11H2,1-2H3,(H2,19,20,21). The SMILES string of the molecule is COc1cccc(CNC(=O)NC(C)c2cccc(Cl)c2)c1. The molecule has 0 bridgehead atoms. The van der Waals surface area contributed by atoms with Crippen LogP contribution in [0.4, 0.5) is 4.79 Å². The van der Waals surface area contributed by atoms with Gasteiger partial charge in [0.1, 0.15) is 5.75 Å². The topological polar surface area (TPSA) is 50.4 Å². The number of benzene rings is 2. The van der Waals surface area contributed by atoms with Crippen molar-refractivity contribution in [1.82, 2.24) is 10.6 Å². The van der Waals surface area contributed by atoms with Crippen molar-refractivity contribution in [2.24, 2.45) is 0 Å². The zero-order valence-electron chi connectivity index (χ0n) is 12.6. The average Bonchev–Trinajstić information content (AvgIpc) is 2.53. The van der Waals surface area contributed by atoms with Gasteiger partial charge in [0.25, 0.3) is 0 Å². The van der Waals surface area contributed by atoms with Crippen LogP contribution in [-0.4, -0.2) is 13.1 Å². The Morgan fingerprint density at radius 2 is 2.00 bits per heavy atom. The van der Waals surface area contributed by atoms with Crippen LogP contribution >= 0.6 is 11.6 Å². The number of halogens is 1. The molecule has 116 valence electrons. The van der Waals surface area contributed by atoms with Crippen LogP contribution in [0.25, 0.3) is 0 Å². The lowest BCUT2D eigenvalue weighted by molar-refractivity contribution is 0.237. The number of hydrogen-bond donors (Lipinski definition) is 2. The van der Waals surface area contributed by atoms with Gasteiger partial charge in [0, 0.05) is 11.6 Å². The fraction of sp³-hybridized carbons (Fsp3) is 0.235.